The molecular weight excluding hydrogens is 430 g/mol. The van der Waals surface area contributed by atoms with Crippen molar-refractivity contribution in [1.29, 1.82) is 0 Å². The summed E-state index contributed by atoms with van der Waals surface area (Å²) in [6.07, 6.45) is 11.6. The van der Waals surface area contributed by atoms with E-state index in [9.17, 15) is 9.59 Å². The zero-order chi connectivity index (χ0) is 22.8. The Morgan fingerprint density at radius 2 is 2.16 bits per heavy atom. The van der Waals surface area contributed by atoms with Gasteiger partial charge < -0.3 is 10.6 Å². The Morgan fingerprint density at radius 1 is 1.34 bits per heavy atom. The first kappa shape index (κ1) is 21.8. The van der Waals surface area contributed by atoms with Crippen molar-refractivity contribution in [3.63, 3.8) is 0 Å². The topological polar surface area (TPSA) is 111 Å². The second-order valence-corrected chi connectivity index (χ2v) is 7.97. The quantitative estimate of drug-likeness (QED) is 0.546. The molecule has 0 radical (unpaired) electrons. The average molecular weight is 454 g/mol. The predicted molar refractivity (Wildman–Crippen MR) is 125 cm³/mol. The molecule has 2 N–H and O–H groups in total. The molecule has 1 aliphatic carbocycles. The fraction of sp³-hybridized carbons (Fsp3) is 0.318. The molecule has 0 spiro atoms. The zero-order valence-corrected chi connectivity index (χ0v) is 18.7. The fourth-order valence-corrected chi connectivity index (χ4v) is 4.01. The van der Waals surface area contributed by atoms with Gasteiger partial charge in [0, 0.05) is 24.6 Å². The molecule has 3 heterocycles. The summed E-state index contributed by atoms with van der Waals surface area (Å²) in [4.78, 5) is 35.9. The van der Waals surface area contributed by atoms with Gasteiger partial charge in [-0.3, -0.25) is 14.2 Å². The van der Waals surface area contributed by atoms with E-state index < -0.39 is 0 Å². The van der Waals surface area contributed by atoms with E-state index in [0.29, 0.717) is 34.3 Å². The van der Waals surface area contributed by atoms with Crippen molar-refractivity contribution < 1.29 is 4.79 Å². The van der Waals surface area contributed by atoms with Crippen molar-refractivity contribution in [2.24, 2.45) is 0 Å². The summed E-state index contributed by atoms with van der Waals surface area (Å²) in [6.45, 7) is 4.29. The van der Waals surface area contributed by atoms with Gasteiger partial charge in [0.15, 0.2) is 11.6 Å². The molecule has 166 valence electrons. The summed E-state index contributed by atoms with van der Waals surface area (Å²) < 4.78 is 3.07. The second kappa shape index (κ2) is 8.96. The van der Waals surface area contributed by atoms with E-state index in [0.717, 1.165) is 25.0 Å². The van der Waals surface area contributed by atoms with Crippen molar-refractivity contribution in [1.82, 2.24) is 24.1 Å². The van der Waals surface area contributed by atoms with E-state index in [1.54, 1.807) is 16.8 Å². The maximum Gasteiger partial charge on any atom is 0.284 e. The highest BCUT2D eigenvalue weighted by Crippen LogP contribution is 2.24. The SMILES string of the molecule is CCCN(Cc1nn2ccc(Cl)c2c(=O)n1C1=CCCC=C1)c1nc(N)ncc1C(C)=O. The Morgan fingerprint density at radius 3 is 2.84 bits per heavy atom. The molecule has 0 unspecified atom stereocenters. The number of anilines is 2. The van der Waals surface area contributed by atoms with Crippen LogP contribution in [-0.4, -0.2) is 36.5 Å². The van der Waals surface area contributed by atoms with Crippen molar-refractivity contribution in [3.8, 4) is 0 Å². The minimum atomic E-state index is -0.256. The van der Waals surface area contributed by atoms with Crippen LogP contribution in [0.1, 0.15) is 49.3 Å². The Kier molecular flexibility index (Phi) is 6.09. The van der Waals surface area contributed by atoms with Crippen LogP contribution in [0, 0.1) is 0 Å². The van der Waals surface area contributed by atoms with Gasteiger partial charge in [0.1, 0.15) is 11.3 Å². The van der Waals surface area contributed by atoms with Crippen LogP contribution in [0.25, 0.3) is 11.2 Å². The minimum Gasteiger partial charge on any atom is -0.368 e. The number of hydrogen-bond donors (Lipinski definition) is 1. The Labute approximate surface area is 189 Å². The van der Waals surface area contributed by atoms with Crippen LogP contribution in [0.15, 0.2) is 41.5 Å². The van der Waals surface area contributed by atoms with Crippen molar-refractivity contribution in [2.75, 3.05) is 17.2 Å². The summed E-state index contributed by atoms with van der Waals surface area (Å²) in [6, 6.07) is 1.65. The fourth-order valence-electron chi connectivity index (χ4n) is 3.78. The minimum absolute atomic E-state index is 0.0713. The van der Waals surface area contributed by atoms with Gasteiger partial charge in [0.2, 0.25) is 5.95 Å². The van der Waals surface area contributed by atoms with Gasteiger partial charge in [-0.25, -0.2) is 9.50 Å². The Balaban J connectivity index is 1.90. The molecule has 32 heavy (non-hydrogen) atoms. The van der Waals surface area contributed by atoms with Crippen LogP contribution < -0.4 is 16.2 Å². The van der Waals surface area contributed by atoms with Crippen molar-refractivity contribution in [2.45, 2.75) is 39.7 Å². The van der Waals surface area contributed by atoms with Gasteiger partial charge in [-0.15, -0.1) is 0 Å². The smallest absolute Gasteiger partial charge is 0.284 e. The molecule has 0 fully saturated rings. The van der Waals surface area contributed by atoms with Crippen molar-refractivity contribution in [3.05, 3.63) is 63.5 Å². The molecule has 1 aliphatic rings. The number of aromatic nitrogens is 5. The summed E-state index contributed by atoms with van der Waals surface area (Å²) >= 11 is 6.28. The largest absolute Gasteiger partial charge is 0.368 e. The zero-order valence-electron chi connectivity index (χ0n) is 18.0. The number of carbonyl (C=O) groups is 1. The van der Waals surface area contributed by atoms with E-state index >= 15 is 0 Å². The third kappa shape index (κ3) is 4.03. The number of Topliss-reactive ketones (excluding diaryl/α,β-unsaturated/α-hetero) is 1. The molecule has 0 atom stereocenters. The van der Waals surface area contributed by atoms with Crippen LogP contribution in [0.4, 0.5) is 11.8 Å². The summed E-state index contributed by atoms with van der Waals surface area (Å²) in [5.74, 6) is 0.818. The number of carbonyl (C=O) groups excluding carboxylic acids is 1. The second-order valence-electron chi connectivity index (χ2n) is 7.57. The lowest BCUT2D eigenvalue weighted by molar-refractivity contribution is 0.101. The van der Waals surface area contributed by atoms with E-state index in [1.165, 1.54) is 17.6 Å². The van der Waals surface area contributed by atoms with Crippen LogP contribution >= 0.6 is 11.6 Å². The average Bonchev–Trinajstić information content (AvgIpc) is 3.14. The maximum absolute atomic E-state index is 13.5. The molecule has 0 aromatic carbocycles. The standard InChI is InChI=1S/C22H24ClN7O2/c1-3-10-28(20-16(14(2)31)12-25-22(24)26-20)13-18-27-29-11-9-17(23)19(29)21(32)30(18)15-7-5-4-6-8-15/h5,7-9,11-12H,3-4,6,10,13H2,1-2H3,(H2,24,25,26). The summed E-state index contributed by atoms with van der Waals surface area (Å²) in [7, 11) is 0. The third-order valence-electron chi connectivity index (χ3n) is 5.23. The molecule has 10 heteroatoms. The van der Waals surface area contributed by atoms with Gasteiger partial charge in [0.05, 0.1) is 17.1 Å². The number of nitrogens with two attached hydrogens (primary N) is 1. The Bertz CT molecular complexity index is 1310. The van der Waals surface area contributed by atoms with Gasteiger partial charge in [-0.05, 0) is 38.3 Å². The molecule has 0 aliphatic heterocycles. The van der Waals surface area contributed by atoms with Crippen LogP contribution in [0.5, 0.6) is 0 Å². The van der Waals surface area contributed by atoms with E-state index in [-0.39, 0.29) is 23.8 Å². The monoisotopic (exact) mass is 453 g/mol. The first-order valence-electron chi connectivity index (χ1n) is 10.4. The lowest BCUT2D eigenvalue weighted by Gasteiger charge is -2.26. The van der Waals surface area contributed by atoms with Crippen LogP contribution in [-0.2, 0) is 6.54 Å². The van der Waals surface area contributed by atoms with Gasteiger partial charge in [0.25, 0.3) is 5.56 Å². The predicted octanol–water partition coefficient (Wildman–Crippen LogP) is 3.33. The lowest BCUT2D eigenvalue weighted by atomic mass is 10.1. The van der Waals surface area contributed by atoms with Gasteiger partial charge in [-0.1, -0.05) is 30.7 Å². The highest BCUT2D eigenvalue weighted by atomic mass is 35.5. The molecule has 0 saturated heterocycles. The molecule has 0 amide bonds. The first-order valence-corrected chi connectivity index (χ1v) is 10.8. The van der Waals surface area contributed by atoms with E-state index in [4.69, 9.17) is 22.4 Å². The normalized spacial score (nSPS) is 13.4. The van der Waals surface area contributed by atoms with Gasteiger partial charge in [-0.2, -0.15) is 10.1 Å². The van der Waals surface area contributed by atoms with E-state index in [2.05, 4.69) is 9.97 Å². The van der Waals surface area contributed by atoms with Gasteiger partial charge >= 0.3 is 0 Å². The van der Waals surface area contributed by atoms with Crippen molar-refractivity contribution >= 4 is 40.4 Å². The summed E-state index contributed by atoms with van der Waals surface area (Å²) in [5, 5.41) is 5.04. The molecule has 0 saturated carbocycles. The first-order chi connectivity index (χ1) is 15.4. The number of ketones is 1. The van der Waals surface area contributed by atoms with Crippen LogP contribution in [0.2, 0.25) is 5.02 Å². The van der Waals surface area contributed by atoms with Crippen LogP contribution in [0.3, 0.4) is 0 Å². The van der Waals surface area contributed by atoms with E-state index in [1.807, 2.05) is 30.1 Å². The highest BCUT2D eigenvalue weighted by Gasteiger charge is 2.22. The summed E-state index contributed by atoms with van der Waals surface area (Å²) in [5.41, 5.74) is 7.00. The maximum atomic E-state index is 13.5. The molecule has 3 aromatic heterocycles. The molecule has 9 nitrogen and oxygen atoms in total. The molecule has 3 aromatic rings. The number of hydrogen-bond acceptors (Lipinski definition) is 7. The molecule has 4 rings (SSSR count). The number of halogens is 1. The highest BCUT2D eigenvalue weighted by molar-refractivity contribution is 6.33. The third-order valence-corrected chi connectivity index (χ3v) is 5.53. The number of nitrogens with zero attached hydrogens (tertiary/aromatic N) is 6. The number of rotatable bonds is 7. The Hall–Kier alpha value is -3.46. The number of allylic oxidation sites excluding steroid dienone is 4. The molecule has 0 bridgehead atoms. The lowest BCUT2D eigenvalue weighted by Crippen LogP contribution is -2.34. The number of nitrogen functional groups attached to an aromatic ring is 1. The molecular formula is C22H24ClN7O2. The number of fused-ring (bicyclic) bond motifs is 1.